The number of nitrogens with one attached hydrogen (secondary N) is 1. The summed E-state index contributed by atoms with van der Waals surface area (Å²) in [5.74, 6) is 0.464. The summed E-state index contributed by atoms with van der Waals surface area (Å²) in [5, 5.41) is 7.35. The zero-order chi connectivity index (χ0) is 22.0. The molecule has 2 aliphatic heterocycles. The summed E-state index contributed by atoms with van der Waals surface area (Å²) < 4.78 is 0. The highest BCUT2D eigenvalue weighted by atomic mass is 16.7. The summed E-state index contributed by atoms with van der Waals surface area (Å²) in [6, 6.07) is 11.0. The van der Waals surface area contributed by atoms with Gasteiger partial charge in [0.2, 0.25) is 5.78 Å². The zero-order valence-electron chi connectivity index (χ0n) is 18.2. The lowest BCUT2D eigenvalue weighted by Crippen LogP contribution is -2.49. The number of benzene rings is 1. The lowest BCUT2D eigenvalue weighted by molar-refractivity contribution is -0.128. The fourth-order valence-electron chi connectivity index (χ4n) is 4.03. The molecule has 0 bridgehead atoms. The number of pyridine rings is 1. The predicted molar refractivity (Wildman–Crippen MR) is 119 cm³/mol. The van der Waals surface area contributed by atoms with Gasteiger partial charge in [-0.2, -0.15) is 0 Å². The van der Waals surface area contributed by atoms with Gasteiger partial charge in [-0.3, -0.25) is 14.5 Å². The molecular formula is C24H28N4O3. The van der Waals surface area contributed by atoms with Crippen molar-refractivity contribution in [2.75, 3.05) is 18.0 Å². The van der Waals surface area contributed by atoms with Crippen molar-refractivity contribution >= 4 is 23.2 Å². The fourth-order valence-corrected chi connectivity index (χ4v) is 4.03. The van der Waals surface area contributed by atoms with Crippen LogP contribution in [0, 0.1) is 0 Å². The van der Waals surface area contributed by atoms with Crippen LogP contribution in [0.5, 0.6) is 0 Å². The Morgan fingerprint density at radius 1 is 1.26 bits per heavy atom. The molecule has 0 radical (unpaired) electrons. The second kappa shape index (κ2) is 8.59. The van der Waals surface area contributed by atoms with Gasteiger partial charge >= 0.3 is 0 Å². The molecule has 31 heavy (non-hydrogen) atoms. The van der Waals surface area contributed by atoms with Gasteiger partial charge in [0, 0.05) is 23.9 Å². The number of nitrogens with zero attached hydrogens (tertiary/aromatic N) is 3. The Kier molecular flexibility index (Phi) is 5.87. The Balaban J connectivity index is 1.65. The third-order valence-corrected chi connectivity index (χ3v) is 5.86. The molecule has 0 spiro atoms. The molecule has 1 atom stereocenters. The fraction of sp³-hybridized carbons (Fsp3) is 0.417. The van der Waals surface area contributed by atoms with Gasteiger partial charge in [-0.15, -0.1) is 0 Å². The highest BCUT2D eigenvalue weighted by molar-refractivity contribution is 6.49. The summed E-state index contributed by atoms with van der Waals surface area (Å²) >= 11 is 0. The van der Waals surface area contributed by atoms with Crippen LogP contribution in [0.15, 0.2) is 47.8 Å². The van der Waals surface area contributed by atoms with E-state index in [9.17, 15) is 9.59 Å². The smallest absolute Gasteiger partial charge is 0.259 e. The molecule has 1 fully saturated rings. The Labute approximate surface area is 182 Å². The van der Waals surface area contributed by atoms with E-state index in [1.165, 1.54) is 0 Å². The molecule has 162 valence electrons. The molecule has 0 saturated carbocycles. The Bertz CT molecular complexity index is 1010. The molecule has 0 unspecified atom stereocenters. The van der Waals surface area contributed by atoms with E-state index in [0.717, 1.165) is 43.7 Å². The monoisotopic (exact) mass is 420 g/mol. The van der Waals surface area contributed by atoms with Gasteiger partial charge in [-0.05, 0) is 63.4 Å². The van der Waals surface area contributed by atoms with Gasteiger partial charge in [0.05, 0.1) is 6.04 Å². The van der Waals surface area contributed by atoms with Crippen molar-refractivity contribution in [3.05, 3.63) is 59.3 Å². The maximum Gasteiger partial charge on any atom is 0.259 e. The van der Waals surface area contributed by atoms with E-state index in [2.05, 4.69) is 22.4 Å². The van der Waals surface area contributed by atoms with Crippen LogP contribution in [0.25, 0.3) is 0 Å². The van der Waals surface area contributed by atoms with Crippen LogP contribution < -0.4 is 10.2 Å². The van der Waals surface area contributed by atoms with Gasteiger partial charge < -0.3 is 10.2 Å². The van der Waals surface area contributed by atoms with Crippen molar-refractivity contribution in [3.63, 3.8) is 0 Å². The summed E-state index contributed by atoms with van der Waals surface area (Å²) in [5.41, 5.74) is 1.57. The first kappa shape index (κ1) is 21.2. The van der Waals surface area contributed by atoms with E-state index in [1.807, 2.05) is 17.0 Å². The summed E-state index contributed by atoms with van der Waals surface area (Å²) in [7, 11) is 0. The van der Waals surface area contributed by atoms with Crippen molar-refractivity contribution in [2.45, 2.75) is 51.7 Å². The molecule has 3 heterocycles. The molecule has 7 nitrogen and oxygen atoms in total. The van der Waals surface area contributed by atoms with Gasteiger partial charge in [0.25, 0.3) is 5.91 Å². The predicted octanol–water partition coefficient (Wildman–Crippen LogP) is 3.12. The number of carbonyl (C=O) groups excluding carboxylic acids is 2. The first-order chi connectivity index (χ1) is 14.9. The van der Waals surface area contributed by atoms with Crippen molar-refractivity contribution in [1.82, 2.24) is 10.3 Å². The van der Waals surface area contributed by atoms with E-state index in [4.69, 9.17) is 4.84 Å². The van der Waals surface area contributed by atoms with E-state index < -0.39 is 5.60 Å². The van der Waals surface area contributed by atoms with Gasteiger partial charge in [0.1, 0.15) is 5.82 Å². The number of piperidine rings is 1. The third kappa shape index (κ3) is 4.10. The number of hydrogen-bond acceptors (Lipinski definition) is 6. The van der Waals surface area contributed by atoms with Gasteiger partial charge in [-0.25, -0.2) is 4.98 Å². The number of ketones is 1. The van der Waals surface area contributed by atoms with Crippen LogP contribution >= 0.6 is 0 Å². The van der Waals surface area contributed by atoms with Crippen molar-refractivity contribution in [2.24, 2.45) is 5.16 Å². The first-order valence-electron chi connectivity index (χ1n) is 10.8. The number of rotatable bonds is 5. The molecule has 1 amide bonds. The van der Waals surface area contributed by atoms with Crippen LogP contribution in [0.1, 0.15) is 55.1 Å². The third-order valence-electron chi connectivity index (χ3n) is 5.86. The number of oxime groups is 1. The summed E-state index contributed by atoms with van der Waals surface area (Å²) in [4.78, 5) is 37.8. The molecule has 2 aromatic rings. The maximum atomic E-state index is 13.6. The number of aromatic nitrogens is 1. The standard InChI is InChI=1S/C24H28N4O3/c1-4-16-7-5-14-26-22(16)28(19-8-6-13-25-15-19)23(30)18-11-9-17(10-12-18)20-21(29)24(2,3)31-27-20/h5,7,9-12,14,19,25H,4,6,8,13,15H2,1-3H3/t19-/m1/s1. The van der Waals surface area contributed by atoms with Crippen LogP contribution in [-0.2, 0) is 16.1 Å². The Morgan fingerprint density at radius 2 is 2.03 bits per heavy atom. The minimum absolute atomic E-state index is 0.0381. The van der Waals surface area contributed by atoms with Crippen LogP contribution in [0.3, 0.4) is 0 Å². The molecule has 1 N–H and O–H groups in total. The largest absolute Gasteiger partial charge is 0.381 e. The van der Waals surface area contributed by atoms with Crippen molar-refractivity contribution in [3.8, 4) is 0 Å². The summed E-state index contributed by atoms with van der Waals surface area (Å²) in [6.07, 6.45) is 4.47. The zero-order valence-corrected chi connectivity index (χ0v) is 18.2. The van der Waals surface area contributed by atoms with Crippen molar-refractivity contribution in [1.29, 1.82) is 0 Å². The number of Topliss-reactive ketones (excluding diaryl/α,β-unsaturated/α-hetero) is 1. The molecule has 7 heteroatoms. The second-order valence-corrected chi connectivity index (χ2v) is 8.46. The SMILES string of the molecule is CCc1cccnc1N(C(=O)c1ccc(C2=NOC(C)(C)C2=O)cc1)[C@@H]1CCCNC1. The highest BCUT2D eigenvalue weighted by Crippen LogP contribution is 2.27. The molecule has 1 aromatic heterocycles. The Hall–Kier alpha value is -3.06. The highest BCUT2D eigenvalue weighted by Gasteiger charge is 2.40. The molecule has 1 saturated heterocycles. The number of anilines is 1. The molecule has 2 aliphatic rings. The van der Waals surface area contributed by atoms with Crippen LogP contribution in [-0.4, -0.2) is 47.1 Å². The molecule has 0 aliphatic carbocycles. The van der Waals surface area contributed by atoms with E-state index >= 15 is 0 Å². The normalized spacial score (nSPS) is 20.2. The average molecular weight is 421 g/mol. The maximum absolute atomic E-state index is 13.6. The molecular weight excluding hydrogens is 392 g/mol. The number of aryl methyl sites for hydroxylation is 1. The Morgan fingerprint density at radius 3 is 2.65 bits per heavy atom. The molecule has 4 rings (SSSR count). The molecule has 1 aromatic carbocycles. The van der Waals surface area contributed by atoms with E-state index in [0.29, 0.717) is 11.1 Å². The van der Waals surface area contributed by atoms with Crippen LogP contribution in [0.4, 0.5) is 5.82 Å². The average Bonchev–Trinajstić information content (AvgIpc) is 3.07. The van der Waals surface area contributed by atoms with Crippen LogP contribution in [0.2, 0.25) is 0 Å². The minimum atomic E-state index is -0.954. The quantitative estimate of drug-likeness (QED) is 0.804. The van der Waals surface area contributed by atoms with Gasteiger partial charge in [-0.1, -0.05) is 30.3 Å². The lowest BCUT2D eigenvalue weighted by atomic mass is 9.95. The van der Waals surface area contributed by atoms with Crippen molar-refractivity contribution < 1.29 is 14.4 Å². The van der Waals surface area contributed by atoms with Gasteiger partial charge in [0.15, 0.2) is 11.3 Å². The van der Waals surface area contributed by atoms with E-state index in [-0.39, 0.29) is 23.4 Å². The topological polar surface area (TPSA) is 83.9 Å². The minimum Gasteiger partial charge on any atom is -0.381 e. The number of amides is 1. The second-order valence-electron chi connectivity index (χ2n) is 8.46. The van der Waals surface area contributed by atoms with E-state index in [1.54, 1.807) is 44.3 Å². The number of hydrogen-bond donors (Lipinski definition) is 1. The lowest BCUT2D eigenvalue weighted by Gasteiger charge is -2.35. The first-order valence-corrected chi connectivity index (χ1v) is 10.8. The number of carbonyl (C=O) groups is 2. The summed E-state index contributed by atoms with van der Waals surface area (Å²) in [6.45, 7) is 7.15.